The number of fused-ring (bicyclic) bond motifs is 1. The van der Waals surface area contributed by atoms with Crippen LogP contribution in [-0.4, -0.2) is 17.6 Å². The molecule has 0 N–H and O–H groups in total. The summed E-state index contributed by atoms with van der Waals surface area (Å²) < 4.78 is 6.62. The highest BCUT2D eigenvalue weighted by molar-refractivity contribution is 5.96. The molecule has 4 heteroatoms. The Labute approximate surface area is 99.0 Å². The van der Waals surface area contributed by atoms with Crippen LogP contribution in [0.25, 0.3) is 10.9 Å². The molecule has 1 aromatic carbocycles. The molecular formula is C13H12N2O2. The van der Waals surface area contributed by atoms with Crippen molar-refractivity contribution in [2.24, 2.45) is 0 Å². The third kappa shape index (κ3) is 1.76. The highest BCUT2D eigenvalue weighted by Crippen LogP contribution is 2.22. The van der Waals surface area contributed by atoms with Gasteiger partial charge in [-0.1, -0.05) is 6.07 Å². The highest BCUT2D eigenvalue weighted by atomic mass is 16.5. The Hall–Kier alpha value is -2.28. The molecule has 0 saturated heterocycles. The maximum atomic E-state index is 11.4. The minimum absolute atomic E-state index is 0.366. The zero-order chi connectivity index (χ0) is 12.4. The van der Waals surface area contributed by atoms with Gasteiger partial charge in [0, 0.05) is 18.1 Å². The number of benzene rings is 1. The number of rotatable bonds is 2. The Bertz CT molecular complexity index is 620. The van der Waals surface area contributed by atoms with Crippen LogP contribution in [0.4, 0.5) is 0 Å². The molecule has 0 aliphatic rings. The second-order valence-corrected chi connectivity index (χ2v) is 3.66. The van der Waals surface area contributed by atoms with Crippen LogP contribution in [0.5, 0.6) is 0 Å². The average molecular weight is 228 g/mol. The molecule has 0 unspecified atom stereocenters. The van der Waals surface area contributed by atoms with Crippen LogP contribution in [0.2, 0.25) is 0 Å². The number of hydrogen-bond donors (Lipinski definition) is 0. The number of carbonyl (C=O) groups is 1. The van der Waals surface area contributed by atoms with E-state index in [1.54, 1.807) is 24.4 Å². The first-order valence-electron chi connectivity index (χ1n) is 5.32. The zero-order valence-corrected chi connectivity index (χ0v) is 9.73. The van der Waals surface area contributed by atoms with Crippen LogP contribution >= 0.6 is 0 Å². The van der Waals surface area contributed by atoms with Crippen molar-refractivity contribution in [3.63, 3.8) is 0 Å². The molecule has 0 radical (unpaired) electrons. The fraction of sp³-hybridized carbons (Fsp3) is 0.231. The van der Waals surface area contributed by atoms with Crippen molar-refractivity contribution >= 4 is 16.9 Å². The predicted octanol–water partition coefficient (Wildman–Crippen LogP) is 2.32. The minimum atomic E-state index is -0.366. The fourth-order valence-electron chi connectivity index (χ4n) is 1.89. The fourth-order valence-corrected chi connectivity index (χ4v) is 1.89. The number of hydrogen-bond acceptors (Lipinski definition) is 3. The largest absolute Gasteiger partial charge is 0.465 e. The molecule has 1 aromatic heterocycles. The molecule has 17 heavy (non-hydrogen) atoms. The van der Waals surface area contributed by atoms with E-state index in [1.807, 2.05) is 11.5 Å². The standard InChI is InChI=1S/C13H12N2O2/c1-3-15-8-10(7-14)11-5-4-9(6-12(11)15)13(16)17-2/h4-6,8H,3H2,1-2H3. The average Bonchev–Trinajstić information content (AvgIpc) is 2.74. The molecule has 0 saturated carbocycles. The molecule has 4 nitrogen and oxygen atoms in total. The lowest BCUT2D eigenvalue weighted by molar-refractivity contribution is 0.0601. The molecule has 0 amide bonds. The predicted molar refractivity (Wildman–Crippen MR) is 63.7 cm³/mol. The molecule has 86 valence electrons. The van der Waals surface area contributed by atoms with Crippen LogP contribution in [0.3, 0.4) is 0 Å². The Morgan fingerprint density at radius 1 is 1.53 bits per heavy atom. The molecular weight excluding hydrogens is 216 g/mol. The topological polar surface area (TPSA) is 55.0 Å². The van der Waals surface area contributed by atoms with Gasteiger partial charge < -0.3 is 9.30 Å². The van der Waals surface area contributed by atoms with Gasteiger partial charge in [-0.3, -0.25) is 0 Å². The smallest absolute Gasteiger partial charge is 0.337 e. The van der Waals surface area contributed by atoms with Crippen molar-refractivity contribution in [2.75, 3.05) is 7.11 Å². The number of aryl methyl sites for hydroxylation is 1. The van der Waals surface area contributed by atoms with E-state index >= 15 is 0 Å². The van der Waals surface area contributed by atoms with Gasteiger partial charge in [0.25, 0.3) is 0 Å². The quantitative estimate of drug-likeness (QED) is 0.741. The van der Waals surface area contributed by atoms with Crippen molar-refractivity contribution in [2.45, 2.75) is 13.5 Å². The third-order valence-corrected chi connectivity index (χ3v) is 2.76. The lowest BCUT2D eigenvalue weighted by Gasteiger charge is -2.02. The van der Waals surface area contributed by atoms with E-state index in [4.69, 9.17) is 5.26 Å². The lowest BCUT2D eigenvalue weighted by atomic mass is 10.1. The minimum Gasteiger partial charge on any atom is -0.465 e. The van der Waals surface area contributed by atoms with Crippen molar-refractivity contribution in [1.82, 2.24) is 4.57 Å². The Morgan fingerprint density at radius 2 is 2.29 bits per heavy atom. The second kappa shape index (κ2) is 4.30. The number of methoxy groups -OCH3 is 1. The molecule has 1 heterocycles. The molecule has 0 spiro atoms. The van der Waals surface area contributed by atoms with E-state index in [2.05, 4.69) is 10.8 Å². The van der Waals surface area contributed by atoms with Crippen LogP contribution in [0.15, 0.2) is 24.4 Å². The SMILES string of the molecule is CCn1cc(C#N)c2ccc(C(=O)OC)cc21. The summed E-state index contributed by atoms with van der Waals surface area (Å²) in [6.45, 7) is 2.74. The van der Waals surface area contributed by atoms with Gasteiger partial charge in [0.15, 0.2) is 0 Å². The monoisotopic (exact) mass is 228 g/mol. The van der Waals surface area contributed by atoms with E-state index in [9.17, 15) is 4.79 Å². The summed E-state index contributed by atoms with van der Waals surface area (Å²) in [5.41, 5.74) is 2.00. The summed E-state index contributed by atoms with van der Waals surface area (Å²) in [4.78, 5) is 11.4. The van der Waals surface area contributed by atoms with Crippen molar-refractivity contribution < 1.29 is 9.53 Å². The zero-order valence-electron chi connectivity index (χ0n) is 9.73. The summed E-state index contributed by atoms with van der Waals surface area (Å²) in [5.74, 6) is -0.366. The maximum absolute atomic E-state index is 11.4. The first-order valence-corrected chi connectivity index (χ1v) is 5.32. The Kier molecular flexibility index (Phi) is 2.84. The van der Waals surface area contributed by atoms with Gasteiger partial charge in [-0.15, -0.1) is 0 Å². The van der Waals surface area contributed by atoms with E-state index in [0.29, 0.717) is 11.1 Å². The Morgan fingerprint density at radius 3 is 2.88 bits per heavy atom. The van der Waals surface area contributed by atoms with E-state index in [1.165, 1.54) is 7.11 Å². The van der Waals surface area contributed by atoms with E-state index in [-0.39, 0.29) is 5.97 Å². The molecule has 0 fully saturated rings. The van der Waals surface area contributed by atoms with Gasteiger partial charge in [0.2, 0.25) is 0 Å². The van der Waals surface area contributed by atoms with Crippen LogP contribution in [0, 0.1) is 11.3 Å². The van der Waals surface area contributed by atoms with Crippen molar-refractivity contribution in [3.05, 3.63) is 35.5 Å². The Balaban J connectivity index is 2.68. The van der Waals surface area contributed by atoms with E-state index < -0.39 is 0 Å². The number of ether oxygens (including phenoxy) is 1. The summed E-state index contributed by atoms with van der Waals surface area (Å²) in [6, 6.07) is 7.37. The second-order valence-electron chi connectivity index (χ2n) is 3.66. The van der Waals surface area contributed by atoms with Gasteiger partial charge in [0.1, 0.15) is 6.07 Å². The van der Waals surface area contributed by atoms with Crippen LogP contribution in [0.1, 0.15) is 22.8 Å². The normalized spacial score (nSPS) is 10.2. The molecule has 0 aliphatic heterocycles. The number of nitrogens with zero attached hydrogens (tertiary/aromatic N) is 2. The van der Waals surface area contributed by atoms with Gasteiger partial charge >= 0.3 is 5.97 Å². The molecule has 0 bridgehead atoms. The maximum Gasteiger partial charge on any atom is 0.337 e. The molecule has 2 rings (SSSR count). The van der Waals surface area contributed by atoms with Crippen LogP contribution in [-0.2, 0) is 11.3 Å². The first kappa shape index (κ1) is 11.2. The van der Waals surface area contributed by atoms with Gasteiger partial charge in [-0.05, 0) is 19.1 Å². The number of aromatic nitrogens is 1. The summed E-state index contributed by atoms with van der Waals surface area (Å²) in [5, 5.41) is 9.88. The molecule has 0 aliphatic carbocycles. The summed E-state index contributed by atoms with van der Waals surface area (Å²) in [7, 11) is 1.35. The summed E-state index contributed by atoms with van der Waals surface area (Å²) in [6.07, 6.45) is 1.80. The van der Waals surface area contributed by atoms with Gasteiger partial charge in [-0.25, -0.2) is 4.79 Å². The first-order chi connectivity index (χ1) is 8.21. The van der Waals surface area contributed by atoms with Gasteiger partial charge in [0.05, 0.1) is 23.8 Å². The van der Waals surface area contributed by atoms with E-state index in [0.717, 1.165) is 17.4 Å². The molecule has 2 aromatic rings. The third-order valence-electron chi connectivity index (χ3n) is 2.76. The highest BCUT2D eigenvalue weighted by Gasteiger charge is 2.11. The van der Waals surface area contributed by atoms with Crippen LogP contribution < -0.4 is 0 Å². The van der Waals surface area contributed by atoms with Gasteiger partial charge in [-0.2, -0.15) is 5.26 Å². The summed E-state index contributed by atoms with van der Waals surface area (Å²) >= 11 is 0. The molecule has 0 atom stereocenters. The number of carbonyl (C=O) groups excluding carboxylic acids is 1. The van der Waals surface area contributed by atoms with Crippen molar-refractivity contribution in [3.8, 4) is 6.07 Å². The van der Waals surface area contributed by atoms with Crippen molar-refractivity contribution in [1.29, 1.82) is 5.26 Å². The lowest BCUT2D eigenvalue weighted by Crippen LogP contribution is -2.01. The number of esters is 1. The number of nitriles is 1.